The molecule has 3 rings (SSSR count). The third kappa shape index (κ3) is 3.25. The van der Waals surface area contributed by atoms with Gasteiger partial charge in [0.15, 0.2) is 6.29 Å². The monoisotopic (exact) mass is 353 g/mol. The molecule has 0 unspecified atom stereocenters. The van der Waals surface area contributed by atoms with Crippen molar-refractivity contribution in [2.45, 2.75) is 6.54 Å². The summed E-state index contributed by atoms with van der Waals surface area (Å²) in [6, 6.07) is 11.4. The number of aromatic nitrogens is 1. The van der Waals surface area contributed by atoms with Crippen molar-refractivity contribution in [1.82, 2.24) is 4.57 Å². The second-order valence-corrected chi connectivity index (χ2v) is 5.54. The number of benzene rings is 2. The molecule has 0 saturated carbocycles. The van der Waals surface area contributed by atoms with E-state index in [0.717, 1.165) is 17.2 Å². The summed E-state index contributed by atoms with van der Waals surface area (Å²) >= 11 is 0. The van der Waals surface area contributed by atoms with Gasteiger partial charge in [-0.2, -0.15) is 0 Å². The smallest absolute Gasteiger partial charge is 0.296 e. The number of nitrogens with zero attached hydrogens (tertiary/aromatic N) is 2. The highest BCUT2D eigenvalue weighted by atomic mass is 16.6. The predicted molar refractivity (Wildman–Crippen MR) is 95.6 cm³/mol. The molecule has 0 aliphatic carbocycles. The van der Waals surface area contributed by atoms with Gasteiger partial charge in [0.25, 0.3) is 5.69 Å². The van der Waals surface area contributed by atoms with Crippen LogP contribution < -0.4 is 10.1 Å². The third-order valence-corrected chi connectivity index (χ3v) is 3.94. The van der Waals surface area contributed by atoms with Gasteiger partial charge in [0.2, 0.25) is 5.91 Å². The lowest BCUT2D eigenvalue weighted by Gasteiger charge is -2.09. The lowest BCUT2D eigenvalue weighted by molar-refractivity contribution is -0.384. The molecule has 8 nitrogen and oxygen atoms in total. The van der Waals surface area contributed by atoms with Gasteiger partial charge in [-0.3, -0.25) is 19.7 Å². The van der Waals surface area contributed by atoms with Crippen molar-refractivity contribution in [1.29, 1.82) is 0 Å². The fourth-order valence-corrected chi connectivity index (χ4v) is 2.74. The summed E-state index contributed by atoms with van der Waals surface area (Å²) in [6.45, 7) is -0.0858. The van der Waals surface area contributed by atoms with Gasteiger partial charge in [-0.25, -0.2) is 0 Å². The number of nitrogens with one attached hydrogen (secondary N) is 1. The van der Waals surface area contributed by atoms with Crippen molar-refractivity contribution in [3.63, 3.8) is 0 Å². The van der Waals surface area contributed by atoms with Crippen LogP contribution in [-0.2, 0) is 11.3 Å². The Hall–Kier alpha value is -3.68. The van der Waals surface area contributed by atoms with E-state index in [1.165, 1.54) is 25.3 Å². The summed E-state index contributed by atoms with van der Waals surface area (Å²) in [4.78, 5) is 34.2. The normalized spacial score (nSPS) is 10.5. The first-order valence-corrected chi connectivity index (χ1v) is 7.69. The second kappa shape index (κ2) is 7.06. The van der Waals surface area contributed by atoms with Gasteiger partial charge in [0.05, 0.1) is 18.1 Å². The Morgan fingerprint density at radius 1 is 1.31 bits per heavy atom. The highest BCUT2D eigenvalue weighted by molar-refractivity contribution is 5.99. The zero-order chi connectivity index (χ0) is 18.7. The topological polar surface area (TPSA) is 103 Å². The number of nitro groups is 1. The SMILES string of the molecule is COc1ccc(NC(=O)Cn2cc(C=O)c3ccccc32)c([N+](=O)[O-])c1. The summed E-state index contributed by atoms with van der Waals surface area (Å²) in [7, 11) is 1.40. The Kier molecular flexibility index (Phi) is 4.66. The molecule has 0 fully saturated rings. The van der Waals surface area contributed by atoms with Crippen LogP contribution in [0.25, 0.3) is 10.9 Å². The van der Waals surface area contributed by atoms with Crippen molar-refractivity contribution in [2.75, 3.05) is 12.4 Å². The van der Waals surface area contributed by atoms with Crippen LogP contribution in [0.3, 0.4) is 0 Å². The van der Waals surface area contributed by atoms with E-state index in [9.17, 15) is 19.7 Å². The molecule has 0 atom stereocenters. The zero-order valence-corrected chi connectivity index (χ0v) is 13.8. The zero-order valence-electron chi connectivity index (χ0n) is 13.8. The number of ether oxygens (including phenoxy) is 1. The van der Waals surface area contributed by atoms with Crippen LogP contribution in [0.1, 0.15) is 10.4 Å². The molecule has 3 aromatic rings. The average Bonchev–Trinajstić information content (AvgIpc) is 2.99. The molecular weight excluding hydrogens is 338 g/mol. The average molecular weight is 353 g/mol. The number of nitro benzene ring substituents is 1. The predicted octanol–water partition coefficient (Wildman–Crippen LogP) is 3.01. The molecule has 0 saturated heterocycles. The summed E-state index contributed by atoms with van der Waals surface area (Å²) < 4.78 is 6.60. The number of para-hydroxylation sites is 1. The fourth-order valence-electron chi connectivity index (χ4n) is 2.74. The van der Waals surface area contributed by atoms with Crippen LogP contribution >= 0.6 is 0 Å². The molecule has 0 aliphatic rings. The van der Waals surface area contributed by atoms with E-state index in [0.29, 0.717) is 11.3 Å². The number of aldehydes is 1. The first kappa shape index (κ1) is 17.2. The van der Waals surface area contributed by atoms with Crippen LogP contribution in [-0.4, -0.2) is 28.8 Å². The van der Waals surface area contributed by atoms with Crippen LogP contribution in [0.2, 0.25) is 0 Å². The number of carbonyl (C=O) groups is 2. The van der Waals surface area contributed by atoms with Crippen molar-refractivity contribution < 1.29 is 19.2 Å². The molecule has 8 heteroatoms. The maximum Gasteiger partial charge on any atom is 0.296 e. The minimum Gasteiger partial charge on any atom is -0.496 e. The fraction of sp³-hybridized carbons (Fsp3) is 0.111. The maximum atomic E-state index is 12.4. The third-order valence-electron chi connectivity index (χ3n) is 3.94. The Bertz CT molecular complexity index is 1010. The van der Waals surface area contributed by atoms with E-state index in [1.54, 1.807) is 35.0 Å². The quantitative estimate of drug-likeness (QED) is 0.417. The summed E-state index contributed by atoms with van der Waals surface area (Å²) in [5.41, 5.74) is 1.02. The van der Waals surface area contributed by atoms with Gasteiger partial charge in [0.1, 0.15) is 18.0 Å². The largest absolute Gasteiger partial charge is 0.496 e. The van der Waals surface area contributed by atoms with Crippen LogP contribution in [0.4, 0.5) is 11.4 Å². The number of carbonyl (C=O) groups excluding carboxylic acids is 2. The number of anilines is 1. The number of hydrogen-bond donors (Lipinski definition) is 1. The van der Waals surface area contributed by atoms with Gasteiger partial charge < -0.3 is 14.6 Å². The highest BCUT2D eigenvalue weighted by Crippen LogP contribution is 2.29. The lowest BCUT2D eigenvalue weighted by Crippen LogP contribution is -2.19. The standard InChI is InChI=1S/C18H15N3O5/c1-26-13-6-7-15(17(8-13)21(24)25)19-18(23)10-20-9-12(11-22)14-4-2-3-5-16(14)20/h2-9,11H,10H2,1H3,(H,19,23). The molecule has 0 spiro atoms. The van der Waals surface area contributed by atoms with Crippen LogP contribution in [0.5, 0.6) is 5.75 Å². The number of methoxy groups -OCH3 is 1. The maximum absolute atomic E-state index is 12.4. The minimum absolute atomic E-state index is 0.0767. The van der Waals surface area contributed by atoms with E-state index >= 15 is 0 Å². The van der Waals surface area contributed by atoms with Crippen molar-refractivity contribution in [3.05, 3.63) is 64.3 Å². The lowest BCUT2D eigenvalue weighted by atomic mass is 10.2. The van der Waals surface area contributed by atoms with E-state index in [1.807, 2.05) is 0 Å². The molecule has 1 aromatic heterocycles. The van der Waals surface area contributed by atoms with Crippen molar-refractivity contribution in [3.8, 4) is 5.75 Å². The highest BCUT2D eigenvalue weighted by Gasteiger charge is 2.18. The van der Waals surface area contributed by atoms with Crippen LogP contribution in [0.15, 0.2) is 48.7 Å². The molecule has 0 radical (unpaired) electrons. The number of hydrogen-bond acceptors (Lipinski definition) is 5. The summed E-state index contributed by atoms with van der Waals surface area (Å²) in [6.07, 6.45) is 2.31. The van der Waals surface area contributed by atoms with Crippen molar-refractivity contribution in [2.24, 2.45) is 0 Å². The minimum atomic E-state index is -0.590. The van der Waals surface area contributed by atoms with E-state index < -0.39 is 10.8 Å². The van der Waals surface area contributed by atoms with Gasteiger partial charge >= 0.3 is 0 Å². The molecule has 1 amide bonds. The summed E-state index contributed by atoms with van der Waals surface area (Å²) in [5.74, 6) is -0.127. The molecule has 132 valence electrons. The Morgan fingerprint density at radius 3 is 2.77 bits per heavy atom. The van der Waals surface area contributed by atoms with Crippen LogP contribution in [0, 0.1) is 10.1 Å². The Morgan fingerprint density at radius 2 is 2.08 bits per heavy atom. The molecule has 2 aromatic carbocycles. The number of amides is 1. The number of fused-ring (bicyclic) bond motifs is 1. The Labute approximate surface area is 148 Å². The van der Waals surface area contributed by atoms with Gasteiger partial charge in [-0.1, -0.05) is 18.2 Å². The molecule has 0 aliphatic heterocycles. The van der Waals surface area contributed by atoms with E-state index in [-0.39, 0.29) is 17.9 Å². The Balaban J connectivity index is 1.86. The van der Waals surface area contributed by atoms with Gasteiger partial charge in [-0.15, -0.1) is 0 Å². The number of rotatable bonds is 6. The molecule has 0 bridgehead atoms. The van der Waals surface area contributed by atoms with Crippen molar-refractivity contribution >= 4 is 34.5 Å². The molecular formula is C18H15N3O5. The molecule has 26 heavy (non-hydrogen) atoms. The first-order valence-electron chi connectivity index (χ1n) is 7.69. The van der Waals surface area contributed by atoms with Gasteiger partial charge in [0, 0.05) is 22.7 Å². The van der Waals surface area contributed by atoms with E-state index in [2.05, 4.69) is 5.32 Å². The second-order valence-electron chi connectivity index (χ2n) is 5.54. The van der Waals surface area contributed by atoms with Gasteiger partial charge in [-0.05, 0) is 18.2 Å². The summed E-state index contributed by atoms with van der Waals surface area (Å²) in [5, 5.41) is 14.5. The molecule has 1 heterocycles. The van der Waals surface area contributed by atoms with E-state index in [4.69, 9.17) is 4.74 Å². The first-order chi connectivity index (χ1) is 12.5. The molecule has 1 N–H and O–H groups in total.